The Bertz CT molecular complexity index is 943. The number of rotatable bonds is 4. The van der Waals surface area contributed by atoms with E-state index in [1.54, 1.807) is 16.7 Å². The maximum absolute atomic E-state index is 2.51. The maximum atomic E-state index is 2.51. The van der Waals surface area contributed by atoms with Crippen molar-refractivity contribution in [3.05, 3.63) is 83.6 Å². The zero-order chi connectivity index (χ0) is 22.2. The molecule has 0 nitrogen and oxygen atoms in total. The molecule has 0 fully saturated rings. The molecule has 0 spiro atoms. The Kier molecular flexibility index (Phi) is 12.3. The molecule has 0 aromatic heterocycles. The van der Waals surface area contributed by atoms with Gasteiger partial charge in [-0.05, 0) is 31.1 Å². The van der Waals surface area contributed by atoms with E-state index in [1.807, 2.05) is 0 Å². The van der Waals surface area contributed by atoms with Crippen LogP contribution in [0.5, 0.6) is 0 Å². The van der Waals surface area contributed by atoms with Crippen molar-refractivity contribution in [3.63, 3.8) is 0 Å². The van der Waals surface area contributed by atoms with Crippen molar-refractivity contribution in [2.45, 2.75) is 100 Å². The average molecular weight is 611 g/mol. The second-order valence-electron chi connectivity index (χ2n) is 9.99. The second-order valence-corrected chi connectivity index (χ2v) is 9.99. The summed E-state index contributed by atoms with van der Waals surface area (Å²) in [6.45, 7) is 20.4. The van der Waals surface area contributed by atoms with Crippen LogP contribution in [0.1, 0.15) is 97.4 Å². The summed E-state index contributed by atoms with van der Waals surface area (Å²) in [6, 6.07) is 9.67. The van der Waals surface area contributed by atoms with Crippen molar-refractivity contribution in [2.75, 3.05) is 0 Å². The van der Waals surface area contributed by atoms with E-state index in [9.17, 15) is 0 Å². The van der Waals surface area contributed by atoms with Gasteiger partial charge in [0.1, 0.15) is 0 Å². The molecule has 0 aliphatic heterocycles. The van der Waals surface area contributed by atoms with Gasteiger partial charge in [-0.1, -0.05) is 85.8 Å². The fourth-order valence-electron chi connectivity index (χ4n) is 5.37. The third-order valence-corrected chi connectivity index (χ3v) is 8.71. The van der Waals surface area contributed by atoms with E-state index in [0.717, 1.165) is 0 Å². The minimum Gasteiger partial charge on any atom is -0.358 e. The van der Waals surface area contributed by atoms with Crippen molar-refractivity contribution in [1.29, 1.82) is 0 Å². The molecule has 3 aromatic rings. The van der Waals surface area contributed by atoms with Gasteiger partial charge >= 0.3 is 25.8 Å². The van der Waals surface area contributed by atoms with Crippen LogP contribution in [0.3, 0.4) is 0 Å². The van der Waals surface area contributed by atoms with Gasteiger partial charge in [-0.2, -0.15) is 33.9 Å². The van der Waals surface area contributed by atoms with E-state index >= 15 is 0 Å². The molecular weight excluding hydrogens is 563 g/mol. The maximum Gasteiger partial charge on any atom is 4.00 e. The molecule has 0 saturated heterocycles. The van der Waals surface area contributed by atoms with Gasteiger partial charge in [0.2, 0.25) is 0 Å². The van der Waals surface area contributed by atoms with Crippen LogP contribution in [-0.2, 0) is 38.7 Å². The van der Waals surface area contributed by atoms with E-state index < -0.39 is 0 Å². The first-order valence-electron chi connectivity index (χ1n) is 12.1. The summed E-state index contributed by atoms with van der Waals surface area (Å²) in [7, 11) is 0. The molecule has 1 unspecified atom stereocenters. The van der Waals surface area contributed by atoms with Gasteiger partial charge in [0, 0.05) is 0 Å². The van der Waals surface area contributed by atoms with Crippen molar-refractivity contribution >= 4 is 10.8 Å². The van der Waals surface area contributed by atoms with Gasteiger partial charge in [0.05, 0.1) is 0 Å². The molecule has 0 amide bonds. The molecule has 1 atom stereocenters. The van der Waals surface area contributed by atoms with Gasteiger partial charge in [-0.25, -0.2) is 0 Å². The molecule has 33 heavy (non-hydrogen) atoms. The minimum atomic E-state index is 0. The van der Waals surface area contributed by atoms with Crippen LogP contribution < -0.4 is 0 Å². The van der Waals surface area contributed by atoms with Crippen LogP contribution in [-0.4, -0.2) is 0 Å². The molecule has 0 heterocycles. The molecular formula is C32H48Hf. The summed E-state index contributed by atoms with van der Waals surface area (Å²) in [5.74, 6) is 0.675. The summed E-state index contributed by atoms with van der Waals surface area (Å²) in [5.41, 5.74) is 12.7. The SMILES string of the molecule is CCC(C)[c-]1ccc2cc3c(cc21)CC(CC)(CC)C3.Cc1c(C)c(C)[c-](C)c1C.[CH3-].[CH3-].[Hf+4]. The fraction of sp³-hybridized carbons (Fsp3) is 0.500. The number of hydrogen-bond acceptors (Lipinski definition) is 0. The minimum absolute atomic E-state index is 0. The standard InChI is InChI=1S/C20H27.C10H15.2CH3.Hf/c1-5-14(4)18-9-8-15-10-16-12-20(6-2,7-3)13-17(16)11-19(15)18;1-6-7(2)9(4)10(5)8(6)3;;;/h8-11,14H,5-7,12-13H2,1-4H3;1-5H3;2*1H3;/q4*-1;+4. The quantitative estimate of drug-likeness (QED) is 0.204. The summed E-state index contributed by atoms with van der Waals surface area (Å²) >= 11 is 0. The van der Waals surface area contributed by atoms with Crippen molar-refractivity contribution in [3.8, 4) is 0 Å². The Morgan fingerprint density at radius 2 is 1.36 bits per heavy atom. The van der Waals surface area contributed by atoms with Crippen molar-refractivity contribution in [1.82, 2.24) is 0 Å². The predicted molar refractivity (Wildman–Crippen MR) is 147 cm³/mol. The zero-order valence-electron chi connectivity index (χ0n) is 23.4. The molecule has 180 valence electrons. The van der Waals surface area contributed by atoms with Crippen LogP contribution >= 0.6 is 0 Å². The topological polar surface area (TPSA) is 0 Å². The molecule has 0 N–H and O–H groups in total. The average Bonchev–Trinajstić information content (AvgIpc) is 3.39. The van der Waals surface area contributed by atoms with E-state index in [1.165, 1.54) is 70.7 Å². The van der Waals surface area contributed by atoms with Gasteiger partial charge in [0.25, 0.3) is 0 Å². The Morgan fingerprint density at radius 3 is 1.76 bits per heavy atom. The van der Waals surface area contributed by atoms with Crippen LogP contribution in [0.25, 0.3) is 10.8 Å². The third-order valence-electron chi connectivity index (χ3n) is 8.71. The third kappa shape index (κ3) is 6.01. The van der Waals surface area contributed by atoms with Gasteiger partial charge < -0.3 is 14.9 Å². The molecule has 0 saturated carbocycles. The molecule has 1 aliphatic carbocycles. The van der Waals surface area contributed by atoms with Crippen LogP contribution in [0.2, 0.25) is 0 Å². The molecule has 3 aromatic carbocycles. The first kappa shape index (κ1) is 32.1. The monoisotopic (exact) mass is 612 g/mol. The van der Waals surface area contributed by atoms with Gasteiger partial charge in [-0.3, -0.25) is 0 Å². The van der Waals surface area contributed by atoms with E-state index in [-0.39, 0.29) is 40.7 Å². The fourth-order valence-corrected chi connectivity index (χ4v) is 5.37. The number of fused-ring (bicyclic) bond motifs is 2. The summed E-state index contributed by atoms with van der Waals surface area (Å²) in [5, 5.41) is 2.98. The van der Waals surface area contributed by atoms with E-state index in [4.69, 9.17) is 0 Å². The first-order valence-corrected chi connectivity index (χ1v) is 12.1. The zero-order valence-corrected chi connectivity index (χ0v) is 27.0. The molecule has 4 rings (SSSR count). The molecule has 1 aliphatic rings. The smallest absolute Gasteiger partial charge is 0.358 e. The van der Waals surface area contributed by atoms with E-state index in [2.05, 4.69) is 86.6 Å². The second kappa shape index (κ2) is 12.7. The molecule has 0 radical (unpaired) electrons. The number of hydrogen-bond donors (Lipinski definition) is 0. The van der Waals surface area contributed by atoms with Crippen LogP contribution in [0.15, 0.2) is 24.3 Å². The van der Waals surface area contributed by atoms with Gasteiger partial charge in [-0.15, -0.1) is 34.5 Å². The predicted octanol–water partition coefficient (Wildman–Crippen LogP) is 9.82. The Balaban J connectivity index is 0.000000681. The Morgan fingerprint density at radius 1 is 0.879 bits per heavy atom. The largest absolute Gasteiger partial charge is 4.00 e. The Labute approximate surface area is 225 Å². The van der Waals surface area contributed by atoms with Crippen LogP contribution in [0.4, 0.5) is 0 Å². The summed E-state index contributed by atoms with van der Waals surface area (Å²) in [6.07, 6.45) is 6.41. The number of benzene rings is 1. The van der Waals surface area contributed by atoms with Crippen molar-refractivity contribution in [2.24, 2.45) is 5.41 Å². The Hall–Kier alpha value is -0.950. The first-order chi connectivity index (χ1) is 14.2. The van der Waals surface area contributed by atoms with E-state index in [0.29, 0.717) is 11.3 Å². The van der Waals surface area contributed by atoms with Gasteiger partial charge in [0.15, 0.2) is 0 Å². The molecule has 1 heteroatoms. The molecule has 0 bridgehead atoms. The van der Waals surface area contributed by atoms with Crippen LogP contribution in [0, 0.1) is 54.9 Å². The normalized spacial score (nSPS) is 14.3. The summed E-state index contributed by atoms with van der Waals surface area (Å²) in [4.78, 5) is 0. The summed E-state index contributed by atoms with van der Waals surface area (Å²) < 4.78 is 0. The van der Waals surface area contributed by atoms with Crippen molar-refractivity contribution < 1.29 is 25.8 Å².